The fourth-order valence-electron chi connectivity index (χ4n) is 3.88. The van der Waals surface area contributed by atoms with E-state index in [0.29, 0.717) is 16.9 Å². The van der Waals surface area contributed by atoms with Crippen LogP contribution in [-0.2, 0) is 9.53 Å². The number of methoxy groups -OCH3 is 1. The molecule has 0 spiro atoms. The molecule has 3 nitrogen and oxygen atoms in total. The minimum absolute atomic E-state index is 0.142. The molecule has 0 unspecified atom stereocenters. The molecule has 0 saturated heterocycles. The highest BCUT2D eigenvalue weighted by atomic mass is 16.5. The van der Waals surface area contributed by atoms with E-state index in [1.807, 2.05) is 0 Å². The molecule has 0 aromatic heterocycles. The Morgan fingerprint density at radius 1 is 1.16 bits per heavy atom. The molecular formula is C16H31NO2. The molecule has 1 N–H and O–H groups in total. The Labute approximate surface area is 118 Å². The van der Waals surface area contributed by atoms with Crippen LogP contribution in [0.15, 0.2) is 0 Å². The summed E-state index contributed by atoms with van der Waals surface area (Å²) in [5, 5.41) is 3.54. The largest absolute Gasteiger partial charge is 0.468 e. The fraction of sp³-hybridized carbons (Fsp3) is 0.938. The van der Waals surface area contributed by atoms with Crippen LogP contribution in [0.1, 0.15) is 60.8 Å². The summed E-state index contributed by atoms with van der Waals surface area (Å²) in [6.07, 6.45) is 3.48. The maximum Gasteiger partial charge on any atom is 0.323 e. The summed E-state index contributed by atoms with van der Waals surface area (Å²) in [7, 11) is 1.47. The highest BCUT2D eigenvalue weighted by molar-refractivity contribution is 5.75. The number of ether oxygens (including phenoxy) is 1. The Morgan fingerprint density at radius 2 is 1.63 bits per heavy atom. The van der Waals surface area contributed by atoms with Gasteiger partial charge in [-0.3, -0.25) is 4.79 Å². The van der Waals surface area contributed by atoms with E-state index in [9.17, 15) is 4.79 Å². The summed E-state index contributed by atoms with van der Waals surface area (Å²) in [4.78, 5) is 11.9. The average molecular weight is 269 g/mol. The predicted molar refractivity (Wildman–Crippen MR) is 79.0 cm³/mol. The zero-order valence-electron chi connectivity index (χ0n) is 13.7. The van der Waals surface area contributed by atoms with Gasteiger partial charge in [0.05, 0.1) is 7.11 Å². The lowest BCUT2D eigenvalue weighted by Gasteiger charge is -2.46. The number of hydrogen-bond acceptors (Lipinski definition) is 3. The summed E-state index contributed by atoms with van der Waals surface area (Å²) in [6.45, 7) is 13.4. The van der Waals surface area contributed by atoms with Gasteiger partial charge in [0.15, 0.2) is 0 Å². The summed E-state index contributed by atoms with van der Waals surface area (Å²) < 4.78 is 4.92. The van der Waals surface area contributed by atoms with Crippen LogP contribution in [0, 0.1) is 16.7 Å². The standard InChI is InChI=1S/C16H31NO2/c1-11(2)13(14(18)19-7)17-12-8-15(3,4)10-16(5,6)9-12/h11-13,17H,8-10H2,1-7H3/t13-/m0/s1. The highest BCUT2D eigenvalue weighted by Gasteiger charge is 2.40. The first-order chi connectivity index (χ1) is 8.56. The molecule has 19 heavy (non-hydrogen) atoms. The zero-order chi connectivity index (χ0) is 14.8. The van der Waals surface area contributed by atoms with Crippen LogP contribution in [0.3, 0.4) is 0 Å². The van der Waals surface area contributed by atoms with Crippen molar-refractivity contribution >= 4 is 5.97 Å². The Hall–Kier alpha value is -0.570. The molecule has 1 saturated carbocycles. The second kappa shape index (κ2) is 5.82. The summed E-state index contributed by atoms with van der Waals surface area (Å²) in [5.74, 6) is 0.108. The molecule has 0 radical (unpaired) electrons. The van der Waals surface area contributed by atoms with Gasteiger partial charge in [-0.2, -0.15) is 0 Å². The minimum Gasteiger partial charge on any atom is -0.468 e. The zero-order valence-corrected chi connectivity index (χ0v) is 13.7. The van der Waals surface area contributed by atoms with Gasteiger partial charge in [-0.25, -0.2) is 0 Å². The third kappa shape index (κ3) is 4.79. The van der Waals surface area contributed by atoms with E-state index in [1.54, 1.807) is 0 Å². The average Bonchev–Trinajstić information content (AvgIpc) is 2.20. The molecule has 1 aliphatic rings. The first kappa shape index (κ1) is 16.5. The lowest BCUT2D eigenvalue weighted by molar-refractivity contribution is -0.145. The Balaban J connectivity index is 2.76. The summed E-state index contributed by atoms with van der Waals surface area (Å²) >= 11 is 0. The molecule has 112 valence electrons. The van der Waals surface area contributed by atoms with Gasteiger partial charge >= 0.3 is 5.97 Å². The van der Waals surface area contributed by atoms with Crippen LogP contribution in [0.4, 0.5) is 0 Å². The number of esters is 1. The second-order valence-electron chi connectivity index (χ2n) is 8.02. The van der Waals surface area contributed by atoms with Gasteiger partial charge in [-0.15, -0.1) is 0 Å². The van der Waals surface area contributed by atoms with E-state index in [-0.39, 0.29) is 17.9 Å². The first-order valence-electron chi connectivity index (χ1n) is 7.40. The van der Waals surface area contributed by atoms with Crippen molar-refractivity contribution in [2.75, 3.05) is 7.11 Å². The van der Waals surface area contributed by atoms with E-state index >= 15 is 0 Å². The summed E-state index contributed by atoms with van der Waals surface area (Å²) in [6, 6.07) is 0.199. The van der Waals surface area contributed by atoms with Gasteiger partial charge in [0.2, 0.25) is 0 Å². The third-order valence-corrected chi connectivity index (χ3v) is 4.09. The van der Waals surface area contributed by atoms with Crippen molar-refractivity contribution in [3.05, 3.63) is 0 Å². The molecule has 0 bridgehead atoms. The SMILES string of the molecule is COC(=O)[C@@H](NC1CC(C)(C)CC(C)(C)C1)C(C)C. The quantitative estimate of drug-likeness (QED) is 0.795. The summed E-state index contributed by atoms with van der Waals surface area (Å²) in [5.41, 5.74) is 0.661. The fourth-order valence-corrected chi connectivity index (χ4v) is 3.88. The smallest absolute Gasteiger partial charge is 0.323 e. The van der Waals surface area contributed by atoms with Crippen molar-refractivity contribution in [2.45, 2.75) is 72.9 Å². The van der Waals surface area contributed by atoms with Gasteiger partial charge in [0.1, 0.15) is 6.04 Å². The maximum atomic E-state index is 11.9. The van der Waals surface area contributed by atoms with E-state index in [1.165, 1.54) is 13.5 Å². The monoisotopic (exact) mass is 269 g/mol. The van der Waals surface area contributed by atoms with Gasteiger partial charge < -0.3 is 10.1 Å². The van der Waals surface area contributed by atoms with E-state index < -0.39 is 0 Å². The molecular weight excluding hydrogens is 238 g/mol. The maximum absolute atomic E-state index is 11.9. The molecule has 1 rings (SSSR count). The van der Waals surface area contributed by atoms with Gasteiger partial charge in [-0.1, -0.05) is 41.5 Å². The van der Waals surface area contributed by atoms with Crippen molar-refractivity contribution in [2.24, 2.45) is 16.7 Å². The van der Waals surface area contributed by atoms with Crippen molar-refractivity contribution in [1.29, 1.82) is 0 Å². The van der Waals surface area contributed by atoms with E-state index in [0.717, 1.165) is 12.8 Å². The molecule has 0 aromatic rings. The van der Waals surface area contributed by atoms with Gasteiger partial charge in [-0.05, 0) is 36.0 Å². The van der Waals surface area contributed by atoms with E-state index in [2.05, 4.69) is 46.9 Å². The third-order valence-electron chi connectivity index (χ3n) is 4.09. The van der Waals surface area contributed by atoms with Crippen molar-refractivity contribution in [3.8, 4) is 0 Å². The highest BCUT2D eigenvalue weighted by Crippen LogP contribution is 2.45. The lowest BCUT2D eigenvalue weighted by Crippen LogP contribution is -2.52. The molecule has 0 aliphatic heterocycles. The van der Waals surface area contributed by atoms with Crippen LogP contribution in [-0.4, -0.2) is 25.2 Å². The topological polar surface area (TPSA) is 38.3 Å². The normalized spacial score (nSPS) is 24.2. The Morgan fingerprint density at radius 3 is 2.00 bits per heavy atom. The molecule has 0 aromatic carbocycles. The first-order valence-corrected chi connectivity index (χ1v) is 7.40. The molecule has 0 amide bonds. The van der Waals surface area contributed by atoms with Crippen LogP contribution in [0.2, 0.25) is 0 Å². The number of hydrogen-bond donors (Lipinski definition) is 1. The second-order valence-corrected chi connectivity index (χ2v) is 8.02. The van der Waals surface area contributed by atoms with Gasteiger partial charge in [0, 0.05) is 6.04 Å². The minimum atomic E-state index is -0.195. The van der Waals surface area contributed by atoms with Crippen molar-refractivity contribution < 1.29 is 9.53 Å². The molecule has 0 heterocycles. The van der Waals surface area contributed by atoms with Crippen LogP contribution < -0.4 is 5.32 Å². The molecule has 3 heteroatoms. The molecule has 1 atom stereocenters. The predicted octanol–water partition coefficient (Wildman–Crippen LogP) is 3.38. The molecule has 1 aliphatic carbocycles. The van der Waals surface area contributed by atoms with Crippen LogP contribution >= 0.6 is 0 Å². The van der Waals surface area contributed by atoms with Crippen molar-refractivity contribution in [1.82, 2.24) is 5.32 Å². The number of nitrogens with one attached hydrogen (secondary N) is 1. The lowest BCUT2D eigenvalue weighted by atomic mass is 9.63. The Bertz CT molecular complexity index is 305. The van der Waals surface area contributed by atoms with Crippen molar-refractivity contribution in [3.63, 3.8) is 0 Å². The van der Waals surface area contributed by atoms with Crippen LogP contribution in [0.25, 0.3) is 0 Å². The number of carbonyl (C=O) groups is 1. The van der Waals surface area contributed by atoms with E-state index in [4.69, 9.17) is 4.74 Å². The Kier molecular flexibility index (Phi) is 5.05. The molecule has 1 fully saturated rings. The number of carbonyl (C=O) groups excluding carboxylic acids is 1. The van der Waals surface area contributed by atoms with Gasteiger partial charge in [0.25, 0.3) is 0 Å². The number of rotatable bonds is 4. The van der Waals surface area contributed by atoms with Crippen LogP contribution in [0.5, 0.6) is 0 Å².